The lowest BCUT2D eigenvalue weighted by molar-refractivity contribution is 0.0977. The van der Waals surface area contributed by atoms with Gasteiger partial charge in [0.1, 0.15) is 5.82 Å². The first kappa shape index (κ1) is 17.0. The molecule has 22 heavy (non-hydrogen) atoms. The van der Waals surface area contributed by atoms with Gasteiger partial charge in [-0.25, -0.2) is 4.39 Å². The Hall–Kier alpha value is -1.40. The molecule has 2 N–H and O–H groups in total. The van der Waals surface area contributed by atoms with Crippen molar-refractivity contribution in [1.29, 1.82) is 0 Å². The van der Waals surface area contributed by atoms with Crippen molar-refractivity contribution >= 4 is 63.7 Å². The number of halogens is 4. The molecule has 0 spiro atoms. The molecule has 0 aliphatic carbocycles. The molecule has 3 nitrogen and oxygen atoms in total. The minimum Gasteiger partial charge on any atom is -0.332 e. The van der Waals surface area contributed by atoms with Crippen LogP contribution in [0.4, 0.5) is 10.1 Å². The molecule has 0 unspecified atom stereocenters. The van der Waals surface area contributed by atoms with Crippen molar-refractivity contribution in [2.75, 3.05) is 5.32 Å². The van der Waals surface area contributed by atoms with Crippen LogP contribution in [0, 0.1) is 5.82 Å². The highest BCUT2D eigenvalue weighted by Crippen LogP contribution is 2.22. The molecule has 0 aromatic heterocycles. The van der Waals surface area contributed by atoms with E-state index in [9.17, 15) is 9.18 Å². The summed E-state index contributed by atoms with van der Waals surface area (Å²) >= 11 is 22.3. The second-order valence-corrected chi connectivity index (χ2v) is 5.80. The predicted octanol–water partition coefficient (Wildman–Crippen LogP) is 4.91. The largest absolute Gasteiger partial charge is 0.332 e. The first-order valence-corrected chi connectivity index (χ1v) is 7.43. The summed E-state index contributed by atoms with van der Waals surface area (Å²) in [5, 5.41) is 5.79. The Kier molecular flexibility index (Phi) is 5.58. The molecule has 1 amide bonds. The van der Waals surface area contributed by atoms with E-state index in [0.717, 1.165) is 0 Å². The fraction of sp³-hybridized carbons (Fsp3) is 0. The molecule has 2 aromatic carbocycles. The van der Waals surface area contributed by atoms with Crippen LogP contribution in [-0.2, 0) is 0 Å². The zero-order valence-corrected chi connectivity index (χ0v) is 13.9. The number of hydrogen-bond donors (Lipinski definition) is 2. The average Bonchev–Trinajstić information content (AvgIpc) is 2.45. The van der Waals surface area contributed by atoms with Gasteiger partial charge < -0.3 is 5.32 Å². The van der Waals surface area contributed by atoms with Crippen LogP contribution in [0.2, 0.25) is 15.1 Å². The number of rotatable bonds is 2. The zero-order chi connectivity index (χ0) is 16.3. The third-order valence-corrected chi connectivity index (χ3v) is 3.82. The molecule has 0 fully saturated rings. The standard InChI is InChI=1S/C14H8Cl3FN2OS/c15-9-3-1-7(5-10(9)16)13(21)20-14(22)19-8-2-4-12(18)11(17)6-8/h1-6H,(H2,19,20,21,22). The van der Waals surface area contributed by atoms with E-state index in [1.165, 1.54) is 36.4 Å². The van der Waals surface area contributed by atoms with E-state index in [2.05, 4.69) is 10.6 Å². The van der Waals surface area contributed by atoms with Crippen molar-refractivity contribution in [2.45, 2.75) is 0 Å². The van der Waals surface area contributed by atoms with Crippen molar-refractivity contribution in [2.24, 2.45) is 0 Å². The second-order valence-electron chi connectivity index (χ2n) is 4.17. The van der Waals surface area contributed by atoms with Crippen LogP contribution in [0.3, 0.4) is 0 Å². The molecule has 0 heterocycles. The molecule has 114 valence electrons. The van der Waals surface area contributed by atoms with Crippen molar-refractivity contribution in [1.82, 2.24) is 5.32 Å². The molecule has 2 rings (SSSR count). The number of carbonyl (C=O) groups is 1. The van der Waals surface area contributed by atoms with Gasteiger partial charge in [-0.1, -0.05) is 34.8 Å². The number of carbonyl (C=O) groups excluding carboxylic acids is 1. The molecule has 2 aromatic rings. The van der Waals surface area contributed by atoms with E-state index in [1.807, 2.05) is 0 Å². The molecule has 0 saturated heterocycles. The minimum absolute atomic E-state index is 0.0405. The Morgan fingerprint density at radius 2 is 1.73 bits per heavy atom. The molecule has 0 saturated carbocycles. The SMILES string of the molecule is O=C(NC(=S)Nc1ccc(F)c(Cl)c1)c1ccc(Cl)c(Cl)c1. The highest BCUT2D eigenvalue weighted by Gasteiger charge is 2.10. The van der Waals surface area contributed by atoms with Crippen LogP contribution in [0.1, 0.15) is 10.4 Å². The Labute approximate surface area is 146 Å². The van der Waals surface area contributed by atoms with Gasteiger partial charge >= 0.3 is 0 Å². The normalized spacial score (nSPS) is 10.2. The van der Waals surface area contributed by atoms with Gasteiger partial charge in [0.25, 0.3) is 5.91 Å². The average molecular weight is 378 g/mol. The summed E-state index contributed by atoms with van der Waals surface area (Å²) in [7, 11) is 0. The van der Waals surface area contributed by atoms with Crippen molar-refractivity contribution in [3.8, 4) is 0 Å². The summed E-state index contributed by atoms with van der Waals surface area (Å²) in [6, 6.07) is 8.44. The number of anilines is 1. The Morgan fingerprint density at radius 3 is 2.36 bits per heavy atom. The monoisotopic (exact) mass is 376 g/mol. The Morgan fingerprint density at radius 1 is 1.00 bits per heavy atom. The molecule has 8 heteroatoms. The smallest absolute Gasteiger partial charge is 0.257 e. The topological polar surface area (TPSA) is 41.1 Å². The van der Waals surface area contributed by atoms with Gasteiger partial charge in [0, 0.05) is 11.3 Å². The second kappa shape index (κ2) is 7.24. The lowest BCUT2D eigenvalue weighted by Gasteiger charge is -2.10. The third kappa shape index (κ3) is 4.30. The van der Waals surface area contributed by atoms with E-state index < -0.39 is 11.7 Å². The lowest BCUT2D eigenvalue weighted by atomic mass is 10.2. The molecule has 0 atom stereocenters. The zero-order valence-electron chi connectivity index (χ0n) is 10.8. The van der Waals surface area contributed by atoms with Gasteiger partial charge in [0.15, 0.2) is 5.11 Å². The van der Waals surface area contributed by atoms with Crippen molar-refractivity contribution < 1.29 is 9.18 Å². The maximum Gasteiger partial charge on any atom is 0.257 e. The molecular formula is C14H8Cl3FN2OS. The highest BCUT2D eigenvalue weighted by atomic mass is 35.5. The summed E-state index contributed by atoms with van der Waals surface area (Å²) in [6.45, 7) is 0. The Balaban J connectivity index is 2.03. The van der Waals surface area contributed by atoms with Gasteiger partial charge in [-0.15, -0.1) is 0 Å². The summed E-state index contributed by atoms with van der Waals surface area (Å²) in [4.78, 5) is 12.0. The quantitative estimate of drug-likeness (QED) is 0.730. The number of amides is 1. The van der Waals surface area contributed by atoms with E-state index in [1.54, 1.807) is 0 Å². The van der Waals surface area contributed by atoms with E-state index >= 15 is 0 Å². The third-order valence-electron chi connectivity index (χ3n) is 2.59. The summed E-state index contributed by atoms with van der Waals surface area (Å²) < 4.78 is 13.1. The van der Waals surface area contributed by atoms with Crippen LogP contribution in [0.5, 0.6) is 0 Å². The van der Waals surface area contributed by atoms with E-state index in [-0.39, 0.29) is 15.2 Å². The summed E-state index contributed by atoms with van der Waals surface area (Å²) in [5.41, 5.74) is 0.751. The first-order valence-electron chi connectivity index (χ1n) is 5.89. The van der Waals surface area contributed by atoms with Gasteiger partial charge in [0.05, 0.1) is 15.1 Å². The number of benzene rings is 2. The van der Waals surface area contributed by atoms with E-state index in [0.29, 0.717) is 16.3 Å². The summed E-state index contributed by atoms with van der Waals surface area (Å²) in [5.74, 6) is -0.998. The maximum atomic E-state index is 13.1. The van der Waals surface area contributed by atoms with Crippen molar-refractivity contribution in [3.05, 3.63) is 62.8 Å². The van der Waals surface area contributed by atoms with Crippen LogP contribution in [0.25, 0.3) is 0 Å². The van der Waals surface area contributed by atoms with Gasteiger partial charge in [0.2, 0.25) is 0 Å². The molecule has 0 aliphatic rings. The fourth-order valence-corrected chi connectivity index (χ4v) is 2.24. The minimum atomic E-state index is -0.544. The number of hydrogen-bond acceptors (Lipinski definition) is 2. The van der Waals surface area contributed by atoms with Crippen LogP contribution in [-0.4, -0.2) is 11.0 Å². The highest BCUT2D eigenvalue weighted by molar-refractivity contribution is 7.80. The lowest BCUT2D eigenvalue weighted by Crippen LogP contribution is -2.34. The Bertz CT molecular complexity index is 755. The van der Waals surface area contributed by atoms with Crippen LogP contribution in [0.15, 0.2) is 36.4 Å². The number of nitrogens with one attached hydrogen (secondary N) is 2. The maximum absolute atomic E-state index is 13.1. The molecule has 0 aliphatic heterocycles. The first-order chi connectivity index (χ1) is 10.4. The van der Waals surface area contributed by atoms with Crippen molar-refractivity contribution in [3.63, 3.8) is 0 Å². The van der Waals surface area contributed by atoms with Crippen LogP contribution < -0.4 is 10.6 Å². The number of thiocarbonyl (C=S) groups is 1. The van der Waals surface area contributed by atoms with Gasteiger partial charge in [-0.05, 0) is 48.6 Å². The molecule has 0 radical (unpaired) electrons. The fourth-order valence-electron chi connectivity index (χ4n) is 1.55. The van der Waals surface area contributed by atoms with Gasteiger partial charge in [-0.2, -0.15) is 0 Å². The predicted molar refractivity (Wildman–Crippen MR) is 91.6 cm³/mol. The van der Waals surface area contributed by atoms with Crippen LogP contribution >= 0.6 is 47.0 Å². The van der Waals surface area contributed by atoms with Gasteiger partial charge in [-0.3, -0.25) is 10.1 Å². The van der Waals surface area contributed by atoms with E-state index in [4.69, 9.17) is 47.0 Å². The molecular weight excluding hydrogens is 370 g/mol. The summed E-state index contributed by atoms with van der Waals surface area (Å²) in [6.07, 6.45) is 0. The molecule has 0 bridgehead atoms.